The molecule has 1 aliphatic carbocycles. The Bertz CT molecular complexity index is 1460. The summed E-state index contributed by atoms with van der Waals surface area (Å²) in [7, 11) is 1.79. The maximum atomic E-state index is 12.9. The molecule has 1 saturated heterocycles. The minimum atomic E-state index is -0.478. The Balaban J connectivity index is 1.36. The van der Waals surface area contributed by atoms with E-state index in [9.17, 15) is 9.18 Å². The molecular formula is C26H27FN6O3. The second kappa shape index (κ2) is 9.02. The van der Waals surface area contributed by atoms with Gasteiger partial charge in [0.25, 0.3) is 0 Å². The molecule has 4 aromatic rings. The average molecular weight is 491 g/mol. The van der Waals surface area contributed by atoms with Gasteiger partial charge in [0.2, 0.25) is 11.8 Å². The number of alkyl halides is 1. The predicted molar refractivity (Wildman–Crippen MR) is 136 cm³/mol. The second-order valence-electron chi connectivity index (χ2n) is 9.43. The van der Waals surface area contributed by atoms with Gasteiger partial charge in [-0.25, -0.2) is 15.0 Å². The molecule has 1 saturated carbocycles. The van der Waals surface area contributed by atoms with Crippen LogP contribution in [0.15, 0.2) is 41.1 Å². The maximum absolute atomic E-state index is 12.9. The van der Waals surface area contributed by atoms with E-state index in [4.69, 9.17) is 14.1 Å². The smallest absolute Gasteiger partial charge is 0.229 e. The quantitative estimate of drug-likeness (QED) is 0.413. The van der Waals surface area contributed by atoms with Crippen molar-refractivity contribution in [3.05, 3.63) is 36.7 Å². The summed E-state index contributed by atoms with van der Waals surface area (Å²) in [5.41, 5.74) is 3.19. The van der Waals surface area contributed by atoms with Gasteiger partial charge in [-0.1, -0.05) is 0 Å². The van der Waals surface area contributed by atoms with Crippen LogP contribution in [-0.4, -0.2) is 60.4 Å². The zero-order valence-electron chi connectivity index (χ0n) is 20.1. The SMILES string of the molecule is CNc1ncc(-c2nc3cc(N4CCO[C@@H](C)C4)ccc3o2)c2cc(NC(=O)[C@H]3C[C@H]3CF)ncc12. The van der Waals surface area contributed by atoms with E-state index in [2.05, 4.69) is 32.4 Å². The number of carbonyl (C=O) groups is 1. The van der Waals surface area contributed by atoms with Crippen molar-refractivity contribution in [1.29, 1.82) is 0 Å². The fraction of sp³-hybridized carbons (Fsp3) is 0.385. The third kappa shape index (κ3) is 4.11. The Hall–Kier alpha value is -3.79. The number of benzene rings is 1. The van der Waals surface area contributed by atoms with Crippen LogP contribution in [0.1, 0.15) is 13.3 Å². The topological polar surface area (TPSA) is 105 Å². The Labute approximate surface area is 207 Å². The average Bonchev–Trinajstić information content (AvgIpc) is 3.58. The largest absolute Gasteiger partial charge is 0.436 e. The standard InChI is InChI=1S/C26H27FN6O3/c1-14-13-33(5-6-35-14)16-3-4-22-21(8-16)31-26(36-22)20-12-30-24(28-2)19-11-29-23(9-18(19)20)32-25(34)17-7-15(17)10-27/h3-4,8-9,11-12,14-15,17H,5-7,10,13H2,1-2H3,(H,28,30)(H,29,32,34)/t14-,15-,17-/m0/s1. The normalized spacial score (nSPS) is 21.6. The number of oxazole rings is 1. The summed E-state index contributed by atoms with van der Waals surface area (Å²) in [6.07, 6.45) is 4.11. The number of rotatable bonds is 6. The number of amides is 1. The minimum absolute atomic E-state index is 0.177. The molecule has 0 unspecified atom stereocenters. The summed E-state index contributed by atoms with van der Waals surface area (Å²) in [6.45, 7) is 3.94. The monoisotopic (exact) mass is 490 g/mol. The van der Waals surface area contributed by atoms with E-state index in [1.165, 1.54) is 0 Å². The Morgan fingerprint density at radius 1 is 1.22 bits per heavy atom. The zero-order chi connectivity index (χ0) is 24.8. The van der Waals surface area contributed by atoms with Crippen LogP contribution in [0.25, 0.3) is 33.3 Å². The lowest BCUT2D eigenvalue weighted by atomic mass is 10.1. The van der Waals surface area contributed by atoms with Gasteiger partial charge < -0.3 is 24.7 Å². The van der Waals surface area contributed by atoms with Crippen molar-refractivity contribution in [1.82, 2.24) is 15.0 Å². The molecule has 6 rings (SSSR count). The highest BCUT2D eigenvalue weighted by Crippen LogP contribution is 2.40. The number of nitrogens with one attached hydrogen (secondary N) is 2. The van der Waals surface area contributed by atoms with Crippen molar-refractivity contribution >= 4 is 45.1 Å². The summed E-state index contributed by atoms with van der Waals surface area (Å²) in [5, 5.41) is 7.46. The number of carbonyl (C=O) groups excluding carboxylic acids is 1. The van der Waals surface area contributed by atoms with Crippen LogP contribution in [-0.2, 0) is 9.53 Å². The number of morpholine rings is 1. The molecule has 36 heavy (non-hydrogen) atoms. The molecule has 3 atom stereocenters. The van der Waals surface area contributed by atoms with Gasteiger partial charge in [0.15, 0.2) is 5.58 Å². The van der Waals surface area contributed by atoms with E-state index in [-0.39, 0.29) is 23.8 Å². The fourth-order valence-electron chi connectivity index (χ4n) is 4.81. The molecule has 1 aliphatic heterocycles. The molecule has 4 heterocycles. The van der Waals surface area contributed by atoms with Crippen molar-refractivity contribution in [2.45, 2.75) is 19.4 Å². The Morgan fingerprint density at radius 2 is 2.11 bits per heavy atom. The molecule has 0 radical (unpaired) electrons. The highest BCUT2D eigenvalue weighted by Gasteiger charge is 2.43. The van der Waals surface area contributed by atoms with Gasteiger partial charge >= 0.3 is 0 Å². The third-order valence-electron chi connectivity index (χ3n) is 6.93. The first-order valence-corrected chi connectivity index (χ1v) is 12.1. The molecule has 186 valence electrons. The molecule has 1 amide bonds. The van der Waals surface area contributed by atoms with E-state index >= 15 is 0 Å². The molecule has 10 heteroatoms. The van der Waals surface area contributed by atoms with Gasteiger partial charge in [0.1, 0.15) is 17.2 Å². The number of hydrogen-bond acceptors (Lipinski definition) is 8. The molecule has 3 aromatic heterocycles. The number of halogens is 1. The number of fused-ring (bicyclic) bond motifs is 2. The van der Waals surface area contributed by atoms with Crippen LogP contribution in [0.3, 0.4) is 0 Å². The summed E-state index contributed by atoms with van der Waals surface area (Å²) < 4.78 is 24.7. The molecule has 2 N–H and O–H groups in total. The summed E-state index contributed by atoms with van der Waals surface area (Å²) in [6, 6.07) is 7.79. The van der Waals surface area contributed by atoms with Gasteiger partial charge in [0.05, 0.1) is 24.9 Å². The van der Waals surface area contributed by atoms with E-state index in [1.54, 1.807) is 25.5 Å². The van der Waals surface area contributed by atoms with Gasteiger partial charge in [-0.2, -0.15) is 0 Å². The zero-order valence-corrected chi connectivity index (χ0v) is 20.1. The first-order valence-electron chi connectivity index (χ1n) is 12.1. The number of nitrogens with zero attached hydrogens (tertiary/aromatic N) is 4. The van der Waals surface area contributed by atoms with Gasteiger partial charge in [0, 0.05) is 54.9 Å². The van der Waals surface area contributed by atoms with Crippen LogP contribution >= 0.6 is 0 Å². The van der Waals surface area contributed by atoms with Crippen molar-refractivity contribution < 1.29 is 18.3 Å². The summed E-state index contributed by atoms with van der Waals surface area (Å²) in [4.78, 5) is 28.4. The van der Waals surface area contributed by atoms with Crippen LogP contribution in [0.2, 0.25) is 0 Å². The fourth-order valence-corrected chi connectivity index (χ4v) is 4.81. The van der Waals surface area contributed by atoms with E-state index < -0.39 is 6.67 Å². The molecule has 1 aromatic carbocycles. The maximum Gasteiger partial charge on any atom is 0.229 e. The van der Waals surface area contributed by atoms with Crippen LogP contribution in [0, 0.1) is 11.8 Å². The van der Waals surface area contributed by atoms with E-state index in [1.807, 2.05) is 18.2 Å². The number of aromatic nitrogens is 3. The highest BCUT2D eigenvalue weighted by molar-refractivity contribution is 6.03. The lowest BCUT2D eigenvalue weighted by Gasteiger charge is -2.32. The van der Waals surface area contributed by atoms with Crippen molar-refractivity contribution in [3.63, 3.8) is 0 Å². The van der Waals surface area contributed by atoms with Crippen LogP contribution in [0.4, 0.5) is 21.7 Å². The molecule has 9 nitrogen and oxygen atoms in total. The number of anilines is 3. The van der Waals surface area contributed by atoms with Crippen molar-refractivity contribution in [2.24, 2.45) is 11.8 Å². The van der Waals surface area contributed by atoms with Crippen molar-refractivity contribution in [3.8, 4) is 11.5 Å². The first-order chi connectivity index (χ1) is 17.5. The third-order valence-corrected chi connectivity index (χ3v) is 6.93. The number of ether oxygens (including phenoxy) is 1. The molecule has 2 fully saturated rings. The van der Waals surface area contributed by atoms with Crippen LogP contribution in [0.5, 0.6) is 0 Å². The van der Waals surface area contributed by atoms with E-state index in [0.717, 1.165) is 35.1 Å². The number of pyridine rings is 2. The predicted octanol–water partition coefficient (Wildman–Crippen LogP) is 4.25. The molecule has 0 spiro atoms. The van der Waals surface area contributed by atoms with Gasteiger partial charge in [-0.15, -0.1) is 0 Å². The highest BCUT2D eigenvalue weighted by atomic mass is 19.1. The van der Waals surface area contributed by atoms with E-state index in [0.29, 0.717) is 41.7 Å². The Morgan fingerprint density at radius 3 is 2.89 bits per heavy atom. The summed E-state index contributed by atoms with van der Waals surface area (Å²) >= 11 is 0. The van der Waals surface area contributed by atoms with Crippen molar-refractivity contribution in [2.75, 3.05) is 49.0 Å². The van der Waals surface area contributed by atoms with Gasteiger partial charge in [-0.05, 0) is 43.5 Å². The minimum Gasteiger partial charge on any atom is -0.436 e. The summed E-state index contributed by atoms with van der Waals surface area (Å²) in [5.74, 6) is 0.788. The molecule has 2 aliphatic rings. The van der Waals surface area contributed by atoms with Gasteiger partial charge in [-0.3, -0.25) is 9.18 Å². The number of hydrogen-bond donors (Lipinski definition) is 2. The van der Waals surface area contributed by atoms with Crippen LogP contribution < -0.4 is 15.5 Å². The lowest BCUT2D eigenvalue weighted by Crippen LogP contribution is -2.41. The lowest BCUT2D eigenvalue weighted by molar-refractivity contribution is -0.117. The first kappa shape index (κ1) is 22.7. The Kier molecular flexibility index (Phi) is 5.67. The second-order valence-corrected chi connectivity index (χ2v) is 9.43. The molecular weight excluding hydrogens is 463 g/mol. The molecule has 0 bridgehead atoms.